The number of hydrogen-bond acceptors (Lipinski definition) is 4. The fraction of sp³-hybridized carbons (Fsp3) is 0.250. The largest absolute Gasteiger partial charge is 0.481 e. The molecule has 7 heteroatoms. The van der Waals surface area contributed by atoms with Crippen LogP contribution in [0.3, 0.4) is 0 Å². The highest BCUT2D eigenvalue weighted by atomic mass is 79.9. The second-order valence-electron chi connectivity index (χ2n) is 8.85. The summed E-state index contributed by atoms with van der Waals surface area (Å²) in [4.78, 5) is 6.61. The molecule has 4 rings (SSSR count). The molecule has 182 valence electrons. The highest BCUT2D eigenvalue weighted by Crippen LogP contribution is 2.42. The van der Waals surface area contributed by atoms with Gasteiger partial charge in [0.1, 0.15) is 11.6 Å². The van der Waals surface area contributed by atoms with E-state index in [1.807, 2.05) is 61.5 Å². The number of fused-ring (bicyclic) bond motifs is 1. The van der Waals surface area contributed by atoms with Crippen molar-refractivity contribution in [3.05, 3.63) is 87.9 Å². The van der Waals surface area contributed by atoms with Gasteiger partial charge in [0.15, 0.2) is 0 Å². The zero-order valence-electron chi connectivity index (χ0n) is 20.0. The van der Waals surface area contributed by atoms with Gasteiger partial charge >= 0.3 is 0 Å². The normalized spacial score (nSPS) is 13.0. The van der Waals surface area contributed by atoms with Crippen LogP contribution >= 0.6 is 15.9 Å². The Morgan fingerprint density at radius 1 is 0.971 bits per heavy atom. The number of anilines is 1. The molecule has 1 N–H and O–H groups in total. The van der Waals surface area contributed by atoms with Crippen LogP contribution in [0.1, 0.15) is 30.4 Å². The maximum Gasteiger partial charge on any atom is 0.217 e. The van der Waals surface area contributed by atoms with Crippen molar-refractivity contribution in [1.82, 2.24) is 4.98 Å². The van der Waals surface area contributed by atoms with Crippen molar-refractivity contribution in [2.24, 2.45) is 0 Å². The number of pyridine rings is 1. The van der Waals surface area contributed by atoms with E-state index in [0.717, 1.165) is 44.3 Å². The third kappa shape index (κ3) is 5.31. The molecule has 2 atom stereocenters. The molecule has 35 heavy (non-hydrogen) atoms. The Morgan fingerprint density at radius 2 is 1.74 bits per heavy atom. The number of ether oxygens (including phenoxy) is 1. The number of nitrogens with zero attached hydrogens (tertiary/aromatic N) is 2. The molecule has 4 aromatic rings. The van der Waals surface area contributed by atoms with E-state index in [0.29, 0.717) is 17.9 Å². The molecular formula is C28H27BrF2N2O2. The van der Waals surface area contributed by atoms with Gasteiger partial charge in [0.25, 0.3) is 0 Å². The second-order valence-corrected chi connectivity index (χ2v) is 9.77. The molecule has 2 unspecified atom stereocenters. The topological polar surface area (TPSA) is 45.6 Å². The van der Waals surface area contributed by atoms with Crippen LogP contribution in [0.15, 0.2) is 65.1 Å². The van der Waals surface area contributed by atoms with Gasteiger partial charge in [-0.1, -0.05) is 22.0 Å². The number of methoxy groups -OCH3 is 1. The van der Waals surface area contributed by atoms with Gasteiger partial charge in [-0.05, 0) is 79.1 Å². The molecule has 0 bridgehead atoms. The van der Waals surface area contributed by atoms with Gasteiger partial charge in [-0.25, -0.2) is 13.8 Å². The zero-order chi connectivity index (χ0) is 25.3. The Kier molecular flexibility index (Phi) is 7.38. The summed E-state index contributed by atoms with van der Waals surface area (Å²) in [5.74, 6) is -1.01. The number of aliphatic hydroxyl groups is 1. The number of aliphatic hydroxyl groups excluding tert-OH is 1. The Labute approximate surface area is 212 Å². The van der Waals surface area contributed by atoms with Crippen molar-refractivity contribution >= 4 is 32.5 Å². The summed E-state index contributed by atoms with van der Waals surface area (Å²) in [6.45, 7) is 1.71. The predicted octanol–water partition coefficient (Wildman–Crippen LogP) is 6.92. The van der Waals surface area contributed by atoms with Crippen LogP contribution in [0.2, 0.25) is 0 Å². The lowest BCUT2D eigenvalue weighted by molar-refractivity contribution is 0.178. The summed E-state index contributed by atoms with van der Waals surface area (Å²) in [6, 6.07) is 16.9. The Hall–Kier alpha value is -3.03. The minimum atomic E-state index is -0.665. The summed E-state index contributed by atoms with van der Waals surface area (Å²) >= 11 is 3.51. The van der Waals surface area contributed by atoms with Crippen LogP contribution in [0.4, 0.5) is 14.5 Å². The zero-order valence-corrected chi connectivity index (χ0v) is 21.6. The molecule has 0 saturated carbocycles. The van der Waals surface area contributed by atoms with Gasteiger partial charge in [0.2, 0.25) is 5.88 Å². The van der Waals surface area contributed by atoms with E-state index in [1.54, 1.807) is 14.0 Å². The summed E-state index contributed by atoms with van der Waals surface area (Å²) in [5, 5.41) is 11.4. The van der Waals surface area contributed by atoms with Gasteiger partial charge < -0.3 is 14.7 Å². The van der Waals surface area contributed by atoms with Crippen molar-refractivity contribution in [2.45, 2.75) is 25.4 Å². The molecule has 0 fully saturated rings. The average Bonchev–Trinajstić information content (AvgIpc) is 2.82. The number of aromatic nitrogens is 1. The summed E-state index contributed by atoms with van der Waals surface area (Å²) < 4.78 is 35.8. The van der Waals surface area contributed by atoms with Gasteiger partial charge in [0.05, 0.1) is 18.7 Å². The van der Waals surface area contributed by atoms with Gasteiger partial charge in [-0.3, -0.25) is 0 Å². The first kappa shape index (κ1) is 25.1. The molecule has 4 nitrogen and oxygen atoms in total. The summed E-state index contributed by atoms with van der Waals surface area (Å²) in [7, 11) is 5.34. The van der Waals surface area contributed by atoms with E-state index in [4.69, 9.17) is 9.72 Å². The van der Waals surface area contributed by atoms with E-state index in [9.17, 15) is 9.50 Å². The Morgan fingerprint density at radius 3 is 2.43 bits per heavy atom. The lowest BCUT2D eigenvalue weighted by Crippen LogP contribution is -2.14. The fourth-order valence-electron chi connectivity index (χ4n) is 4.39. The van der Waals surface area contributed by atoms with Crippen LogP contribution in [0.5, 0.6) is 5.88 Å². The average molecular weight is 541 g/mol. The maximum atomic E-state index is 15.0. The number of rotatable bonds is 7. The first-order chi connectivity index (χ1) is 16.7. The van der Waals surface area contributed by atoms with E-state index in [1.165, 1.54) is 6.07 Å². The third-order valence-corrected chi connectivity index (χ3v) is 6.56. The molecule has 0 radical (unpaired) electrons. The molecule has 0 amide bonds. The SMILES string of the molecule is COc1nc2ccc(Br)cc2cc1C(CC(C)O)c1ccc(N(C)C)cc1-c1cc(F)ccc1F. The smallest absolute Gasteiger partial charge is 0.217 e. The minimum absolute atomic E-state index is 0.162. The highest BCUT2D eigenvalue weighted by Gasteiger charge is 2.26. The molecule has 3 aromatic carbocycles. The first-order valence-electron chi connectivity index (χ1n) is 11.3. The Bertz CT molecular complexity index is 1370. The molecule has 0 aliphatic carbocycles. The molecule has 1 heterocycles. The van der Waals surface area contributed by atoms with Crippen LogP contribution < -0.4 is 9.64 Å². The summed E-state index contributed by atoms with van der Waals surface area (Å²) in [5.41, 5.74) is 3.83. The molecular weight excluding hydrogens is 514 g/mol. The molecule has 0 aliphatic rings. The predicted molar refractivity (Wildman–Crippen MR) is 140 cm³/mol. The minimum Gasteiger partial charge on any atom is -0.481 e. The highest BCUT2D eigenvalue weighted by molar-refractivity contribution is 9.10. The van der Waals surface area contributed by atoms with Crippen molar-refractivity contribution in [2.75, 3.05) is 26.1 Å². The van der Waals surface area contributed by atoms with E-state index in [2.05, 4.69) is 15.9 Å². The lowest BCUT2D eigenvalue weighted by Gasteiger charge is -2.26. The van der Waals surface area contributed by atoms with Crippen LogP contribution in [0.25, 0.3) is 22.0 Å². The van der Waals surface area contributed by atoms with Gasteiger partial charge in [-0.2, -0.15) is 0 Å². The van der Waals surface area contributed by atoms with Crippen molar-refractivity contribution in [3.8, 4) is 17.0 Å². The quantitative estimate of drug-likeness (QED) is 0.276. The maximum absolute atomic E-state index is 15.0. The first-order valence-corrected chi connectivity index (χ1v) is 12.1. The standard InChI is InChI=1S/C28H27BrF2N2O2/c1-16(34)11-22(25-13-17-12-18(29)5-10-27(17)32-28(25)35-4)21-8-7-20(33(2)3)15-23(21)24-14-19(30)6-9-26(24)31/h5-10,12-16,22,34H,11H2,1-4H3. The Balaban J connectivity index is 2.02. The van der Waals surface area contributed by atoms with Crippen LogP contribution in [-0.4, -0.2) is 37.4 Å². The number of halogens is 3. The lowest BCUT2D eigenvalue weighted by atomic mass is 9.82. The van der Waals surface area contributed by atoms with Crippen molar-refractivity contribution in [3.63, 3.8) is 0 Å². The fourth-order valence-corrected chi connectivity index (χ4v) is 4.76. The number of hydrogen-bond donors (Lipinski definition) is 1. The molecule has 0 spiro atoms. The second kappa shape index (κ2) is 10.3. The summed E-state index contributed by atoms with van der Waals surface area (Å²) in [6.07, 6.45) is -0.329. The van der Waals surface area contributed by atoms with E-state index < -0.39 is 23.7 Å². The molecule has 1 aromatic heterocycles. The third-order valence-electron chi connectivity index (χ3n) is 6.06. The van der Waals surface area contributed by atoms with Gasteiger partial charge in [0, 0.05) is 46.7 Å². The van der Waals surface area contributed by atoms with Crippen molar-refractivity contribution < 1.29 is 18.6 Å². The number of benzene rings is 3. The molecule has 0 saturated heterocycles. The van der Waals surface area contributed by atoms with Gasteiger partial charge in [-0.15, -0.1) is 0 Å². The van der Waals surface area contributed by atoms with E-state index in [-0.39, 0.29) is 5.56 Å². The van der Waals surface area contributed by atoms with Crippen molar-refractivity contribution in [1.29, 1.82) is 0 Å². The van der Waals surface area contributed by atoms with Crippen LogP contribution in [-0.2, 0) is 0 Å². The molecule has 0 aliphatic heterocycles. The monoisotopic (exact) mass is 540 g/mol. The van der Waals surface area contributed by atoms with E-state index >= 15 is 4.39 Å². The van der Waals surface area contributed by atoms with Crippen LogP contribution in [0, 0.1) is 11.6 Å².